The summed E-state index contributed by atoms with van der Waals surface area (Å²) in [5.74, 6) is 0. The van der Waals surface area contributed by atoms with E-state index < -0.39 is 0 Å². The summed E-state index contributed by atoms with van der Waals surface area (Å²) in [4.78, 5) is 11.2. The van der Waals surface area contributed by atoms with Crippen LogP contribution in [0.5, 0.6) is 0 Å². The van der Waals surface area contributed by atoms with Crippen LogP contribution in [-0.4, -0.2) is 32.6 Å². The molecular formula is C10H18N4OS. The zero-order chi connectivity index (χ0) is 11.5. The minimum atomic E-state index is -0.135. The Bertz CT molecular complexity index is 400. The summed E-state index contributed by atoms with van der Waals surface area (Å²) >= 11 is 1.71. The average Bonchev–Trinajstić information content (AvgIpc) is 2.82. The summed E-state index contributed by atoms with van der Waals surface area (Å²) in [5.41, 5.74) is -0.135. The predicted molar refractivity (Wildman–Crippen MR) is 64.8 cm³/mol. The van der Waals surface area contributed by atoms with Gasteiger partial charge in [0.15, 0.2) is 5.16 Å². The van der Waals surface area contributed by atoms with Crippen LogP contribution in [0, 0.1) is 0 Å². The molecule has 0 radical (unpaired) electrons. The second-order valence-electron chi connectivity index (χ2n) is 4.18. The highest BCUT2D eigenvalue weighted by Crippen LogP contribution is 2.33. The Labute approximate surface area is 99.0 Å². The maximum absolute atomic E-state index is 11.2. The van der Waals surface area contributed by atoms with Crippen molar-refractivity contribution in [3.8, 4) is 0 Å². The summed E-state index contributed by atoms with van der Waals surface area (Å²) in [5, 5.41) is 11.3. The highest BCUT2D eigenvalue weighted by Gasteiger charge is 2.26. The third kappa shape index (κ3) is 2.49. The van der Waals surface area contributed by atoms with Gasteiger partial charge in [0.2, 0.25) is 0 Å². The first-order chi connectivity index (χ1) is 7.70. The fourth-order valence-corrected chi connectivity index (χ4v) is 3.33. The maximum atomic E-state index is 11.2. The third-order valence-electron chi connectivity index (χ3n) is 2.99. The molecule has 2 rings (SSSR count). The molecule has 5 nitrogen and oxygen atoms in total. The summed E-state index contributed by atoms with van der Waals surface area (Å²) in [6.07, 6.45) is 3.59. The van der Waals surface area contributed by atoms with Gasteiger partial charge >= 0.3 is 5.69 Å². The van der Waals surface area contributed by atoms with E-state index in [1.807, 2.05) is 0 Å². The molecule has 90 valence electrons. The Morgan fingerprint density at radius 3 is 3.06 bits per heavy atom. The van der Waals surface area contributed by atoms with Crippen LogP contribution in [0.3, 0.4) is 0 Å². The van der Waals surface area contributed by atoms with Crippen molar-refractivity contribution < 1.29 is 0 Å². The van der Waals surface area contributed by atoms with E-state index >= 15 is 0 Å². The largest absolute Gasteiger partial charge is 0.343 e. The summed E-state index contributed by atoms with van der Waals surface area (Å²) in [7, 11) is 1.75. The number of nitrogens with one attached hydrogen (secondary N) is 2. The average molecular weight is 242 g/mol. The lowest BCUT2D eigenvalue weighted by Gasteiger charge is -2.10. The van der Waals surface area contributed by atoms with E-state index in [0.717, 1.165) is 11.7 Å². The lowest BCUT2D eigenvalue weighted by molar-refractivity contribution is 0.543. The van der Waals surface area contributed by atoms with Crippen LogP contribution >= 0.6 is 11.8 Å². The number of hydrogen-bond acceptors (Lipinski definition) is 4. The van der Waals surface area contributed by atoms with Crippen LogP contribution in [0.4, 0.5) is 0 Å². The van der Waals surface area contributed by atoms with Crippen molar-refractivity contribution in [2.45, 2.75) is 42.6 Å². The molecule has 16 heavy (non-hydrogen) atoms. The molecule has 1 heterocycles. The van der Waals surface area contributed by atoms with Gasteiger partial charge in [-0.2, -0.15) is 0 Å². The standard InChI is InChI=1S/C10H18N4OS/c1-3-11-7-4-5-8(6-7)16-10-13-12-9(15)14(10)2/h7-8,11H,3-6H2,1-2H3,(H,12,15). The van der Waals surface area contributed by atoms with Gasteiger partial charge in [-0.05, 0) is 25.8 Å². The smallest absolute Gasteiger partial charge is 0.314 e. The molecule has 0 spiro atoms. The molecule has 1 aromatic rings. The van der Waals surface area contributed by atoms with Gasteiger partial charge in [-0.15, -0.1) is 5.10 Å². The van der Waals surface area contributed by atoms with Gasteiger partial charge in [0.1, 0.15) is 0 Å². The lowest BCUT2D eigenvalue weighted by atomic mass is 10.2. The normalized spacial score (nSPS) is 25.1. The van der Waals surface area contributed by atoms with Crippen LogP contribution in [0.1, 0.15) is 26.2 Å². The van der Waals surface area contributed by atoms with Gasteiger partial charge in [0, 0.05) is 18.3 Å². The van der Waals surface area contributed by atoms with E-state index in [1.54, 1.807) is 23.4 Å². The van der Waals surface area contributed by atoms with E-state index in [1.165, 1.54) is 19.3 Å². The van der Waals surface area contributed by atoms with Crippen molar-refractivity contribution in [3.63, 3.8) is 0 Å². The summed E-state index contributed by atoms with van der Waals surface area (Å²) in [6.45, 7) is 3.17. The highest BCUT2D eigenvalue weighted by molar-refractivity contribution is 7.99. The molecule has 1 fully saturated rings. The number of aromatic nitrogens is 3. The van der Waals surface area contributed by atoms with Crippen LogP contribution in [-0.2, 0) is 7.05 Å². The van der Waals surface area contributed by atoms with E-state index in [9.17, 15) is 4.79 Å². The molecule has 2 N–H and O–H groups in total. The molecule has 0 saturated heterocycles. The molecule has 0 amide bonds. The molecule has 0 aliphatic heterocycles. The van der Waals surface area contributed by atoms with Crippen LogP contribution in [0.15, 0.2) is 9.95 Å². The van der Waals surface area contributed by atoms with Gasteiger partial charge in [-0.25, -0.2) is 9.89 Å². The quantitative estimate of drug-likeness (QED) is 0.817. The van der Waals surface area contributed by atoms with Crippen molar-refractivity contribution in [3.05, 3.63) is 10.5 Å². The first-order valence-corrected chi connectivity index (χ1v) is 6.60. The number of nitrogens with zero attached hydrogens (tertiary/aromatic N) is 2. The van der Waals surface area contributed by atoms with E-state index in [2.05, 4.69) is 22.4 Å². The van der Waals surface area contributed by atoms with Crippen molar-refractivity contribution >= 4 is 11.8 Å². The maximum Gasteiger partial charge on any atom is 0.343 e. The van der Waals surface area contributed by atoms with Gasteiger partial charge in [0.05, 0.1) is 0 Å². The molecular weight excluding hydrogens is 224 g/mol. The number of rotatable bonds is 4. The van der Waals surface area contributed by atoms with Crippen LogP contribution < -0.4 is 11.0 Å². The van der Waals surface area contributed by atoms with E-state index in [4.69, 9.17) is 0 Å². The zero-order valence-electron chi connectivity index (χ0n) is 9.69. The number of H-pyrrole nitrogens is 1. The predicted octanol–water partition coefficient (Wildman–Crippen LogP) is 0.731. The van der Waals surface area contributed by atoms with Crippen molar-refractivity contribution in [2.75, 3.05) is 6.54 Å². The molecule has 1 aliphatic rings. The fraction of sp³-hybridized carbons (Fsp3) is 0.800. The monoisotopic (exact) mass is 242 g/mol. The Hall–Kier alpha value is -0.750. The number of aromatic amines is 1. The Balaban J connectivity index is 1.92. The minimum absolute atomic E-state index is 0.135. The van der Waals surface area contributed by atoms with Gasteiger partial charge in [-0.3, -0.25) is 4.57 Å². The third-order valence-corrected chi connectivity index (χ3v) is 4.33. The number of hydrogen-bond donors (Lipinski definition) is 2. The first kappa shape index (κ1) is 11.7. The SMILES string of the molecule is CCNC1CCC(Sc2n[nH]c(=O)n2C)C1. The van der Waals surface area contributed by atoms with Gasteiger partial charge in [0.25, 0.3) is 0 Å². The van der Waals surface area contributed by atoms with E-state index in [0.29, 0.717) is 11.3 Å². The molecule has 1 aromatic heterocycles. The molecule has 1 aliphatic carbocycles. The summed E-state index contributed by atoms with van der Waals surface area (Å²) < 4.78 is 1.57. The molecule has 0 bridgehead atoms. The second-order valence-corrected chi connectivity index (χ2v) is 5.45. The van der Waals surface area contributed by atoms with Crippen LogP contribution in [0.2, 0.25) is 0 Å². The molecule has 2 unspecified atom stereocenters. The molecule has 2 atom stereocenters. The Morgan fingerprint density at radius 2 is 2.44 bits per heavy atom. The van der Waals surface area contributed by atoms with E-state index in [-0.39, 0.29) is 5.69 Å². The van der Waals surface area contributed by atoms with Crippen molar-refractivity contribution in [2.24, 2.45) is 7.05 Å². The van der Waals surface area contributed by atoms with Crippen molar-refractivity contribution in [1.29, 1.82) is 0 Å². The van der Waals surface area contributed by atoms with Crippen LogP contribution in [0.25, 0.3) is 0 Å². The van der Waals surface area contributed by atoms with Gasteiger partial charge < -0.3 is 5.32 Å². The molecule has 6 heteroatoms. The molecule has 0 aromatic carbocycles. The Morgan fingerprint density at radius 1 is 1.62 bits per heavy atom. The number of thioether (sulfide) groups is 1. The fourth-order valence-electron chi connectivity index (χ4n) is 2.11. The minimum Gasteiger partial charge on any atom is -0.314 e. The molecule has 1 saturated carbocycles. The topological polar surface area (TPSA) is 62.7 Å². The Kier molecular flexibility index (Phi) is 3.70. The highest BCUT2D eigenvalue weighted by atomic mass is 32.2. The van der Waals surface area contributed by atoms with Crippen molar-refractivity contribution in [1.82, 2.24) is 20.1 Å². The first-order valence-electron chi connectivity index (χ1n) is 5.72. The second kappa shape index (κ2) is 5.05. The summed E-state index contributed by atoms with van der Waals surface area (Å²) in [6, 6.07) is 0.637. The van der Waals surface area contributed by atoms with Gasteiger partial charge in [-0.1, -0.05) is 18.7 Å². The lowest BCUT2D eigenvalue weighted by Crippen LogP contribution is -2.26. The zero-order valence-corrected chi connectivity index (χ0v) is 10.5.